The molecule has 19 heavy (non-hydrogen) atoms. The van der Waals surface area contributed by atoms with E-state index >= 15 is 0 Å². The Kier molecular flexibility index (Phi) is 4.29. The quantitative estimate of drug-likeness (QED) is 0.795. The highest BCUT2D eigenvalue weighted by Gasteiger charge is 2.39. The van der Waals surface area contributed by atoms with Gasteiger partial charge in [-0.15, -0.1) is 0 Å². The Hall–Kier alpha value is -1.30. The molecule has 1 aliphatic rings. The van der Waals surface area contributed by atoms with Crippen LogP contribution in [-0.2, 0) is 4.74 Å². The first kappa shape index (κ1) is 14.1. The molecule has 0 aliphatic carbocycles. The molecule has 1 saturated heterocycles. The number of amides is 2. The average Bonchev–Trinajstić information content (AvgIpc) is 2.71. The number of urea groups is 1. The molecule has 2 atom stereocenters. The Morgan fingerprint density at radius 1 is 1.53 bits per heavy atom. The van der Waals surface area contributed by atoms with Gasteiger partial charge in [0.2, 0.25) is 0 Å². The van der Waals surface area contributed by atoms with Crippen molar-refractivity contribution >= 4 is 23.3 Å². The minimum absolute atomic E-state index is 0.160. The number of nitrogens with one attached hydrogen (secondary N) is 2. The van der Waals surface area contributed by atoms with Gasteiger partial charge in [0.25, 0.3) is 0 Å². The molecular formula is C13H17ClN2O3. The number of carbonyl (C=O) groups excluding carboxylic acids is 1. The normalized spacial score (nSPS) is 26.2. The summed E-state index contributed by atoms with van der Waals surface area (Å²) in [7, 11) is 0. The number of aliphatic hydroxyl groups is 1. The van der Waals surface area contributed by atoms with Crippen LogP contribution in [0.1, 0.15) is 13.3 Å². The van der Waals surface area contributed by atoms with Gasteiger partial charge in [0.1, 0.15) is 5.60 Å². The number of halogens is 1. The fourth-order valence-electron chi connectivity index (χ4n) is 1.94. The SMILES string of the molecule is CC1OCCC1(O)CNC(=O)Nc1ccc(Cl)cc1. The number of carbonyl (C=O) groups is 1. The first-order valence-electron chi connectivity index (χ1n) is 6.14. The van der Waals surface area contributed by atoms with Crippen molar-refractivity contribution in [3.05, 3.63) is 29.3 Å². The molecule has 1 aromatic carbocycles. The maximum absolute atomic E-state index is 11.7. The van der Waals surface area contributed by atoms with Gasteiger partial charge in [0.15, 0.2) is 0 Å². The number of hydrogen-bond acceptors (Lipinski definition) is 3. The van der Waals surface area contributed by atoms with Gasteiger partial charge in [0, 0.05) is 23.7 Å². The molecule has 0 radical (unpaired) electrons. The molecule has 2 unspecified atom stereocenters. The van der Waals surface area contributed by atoms with Crippen LogP contribution in [0, 0.1) is 0 Å². The highest BCUT2D eigenvalue weighted by atomic mass is 35.5. The fraction of sp³-hybridized carbons (Fsp3) is 0.462. The molecule has 1 heterocycles. The van der Waals surface area contributed by atoms with Crippen LogP contribution < -0.4 is 10.6 Å². The maximum Gasteiger partial charge on any atom is 0.319 e. The summed E-state index contributed by atoms with van der Waals surface area (Å²) in [5, 5.41) is 16.1. The summed E-state index contributed by atoms with van der Waals surface area (Å²) >= 11 is 5.75. The van der Waals surface area contributed by atoms with E-state index in [1.165, 1.54) is 0 Å². The van der Waals surface area contributed by atoms with E-state index in [4.69, 9.17) is 16.3 Å². The highest BCUT2D eigenvalue weighted by molar-refractivity contribution is 6.30. The van der Waals surface area contributed by atoms with Gasteiger partial charge in [-0.3, -0.25) is 0 Å². The lowest BCUT2D eigenvalue weighted by molar-refractivity contribution is -0.0241. The van der Waals surface area contributed by atoms with E-state index in [0.717, 1.165) is 0 Å². The van der Waals surface area contributed by atoms with Crippen LogP contribution in [0.2, 0.25) is 5.02 Å². The van der Waals surface area contributed by atoms with E-state index in [2.05, 4.69) is 10.6 Å². The third-order valence-corrected chi connectivity index (χ3v) is 3.57. The molecule has 3 N–H and O–H groups in total. The molecule has 1 aliphatic heterocycles. The van der Waals surface area contributed by atoms with Crippen molar-refractivity contribution in [3.63, 3.8) is 0 Å². The molecule has 0 spiro atoms. The fourth-order valence-corrected chi connectivity index (χ4v) is 2.07. The zero-order valence-electron chi connectivity index (χ0n) is 10.6. The number of benzene rings is 1. The second-order valence-corrected chi connectivity index (χ2v) is 5.12. The smallest absolute Gasteiger partial charge is 0.319 e. The number of ether oxygens (including phenoxy) is 1. The van der Waals surface area contributed by atoms with E-state index in [9.17, 15) is 9.90 Å². The van der Waals surface area contributed by atoms with E-state index < -0.39 is 5.60 Å². The van der Waals surface area contributed by atoms with Crippen molar-refractivity contribution in [2.45, 2.75) is 25.0 Å². The Morgan fingerprint density at radius 3 is 2.79 bits per heavy atom. The summed E-state index contributed by atoms with van der Waals surface area (Å²) < 4.78 is 5.30. The summed E-state index contributed by atoms with van der Waals surface area (Å²) in [6.45, 7) is 2.47. The predicted molar refractivity (Wildman–Crippen MR) is 73.5 cm³/mol. The predicted octanol–water partition coefficient (Wildman–Crippen LogP) is 2.00. The van der Waals surface area contributed by atoms with Crippen LogP contribution >= 0.6 is 11.6 Å². The van der Waals surface area contributed by atoms with Crippen molar-refractivity contribution in [2.75, 3.05) is 18.5 Å². The summed E-state index contributed by atoms with van der Waals surface area (Å²) in [5.74, 6) is 0. The van der Waals surface area contributed by atoms with Crippen LogP contribution in [0.4, 0.5) is 10.5 Å². The van der Waals surface area contributed by atoms with Gasteiger partial charge in [0.05, 0.1) is 12.6 Å². The van der Waals surface area contributed by atoms with Crippen LogP contribution in [-0.4, -0.2) is 36.0 Å². The molecule has 0 bridgehead atoms. The highest BCUT2D eigenvalue weighted by Crippen LogP contribution is 2.24. The van der Waals surface area contributed by atoms with Crippen molar-refractivity contribution < 1.29 is 14.6 Å². The molecule has 1 aromatic rings. The number of anilines is 1. The summed E-state index contributed by atoms with van der Waals surface area (Å²) in [4.78, 5) is 11.7. The first-order valence-corrected chi connectivity index (χ1v) is 6.52. The van der Waals surface area contributed by atoms with E-state index in [1.54, 1.807) is 31.2 Å². The summed E-state index contributed by atoms with van der Waals surface area (Å²) in [6, 6.07) is 6.43. The van der Waals surface area contributed by atoms with E-state index in [1.807, 2.05) is 0 Å². The molecule has 0 aromatic heterocycles. The largest absolute Gasteiger partial charge is 0.385 e. The zero-order valence-corrected chi connectivity index (χ0v) is 11.4. The van der Waals surface area contributed by atoms with Crippen LogP contribution in [0.3, 0.4) is 0 Å². The second kappa shape index (κ2) is 5.77. The number of hydrogen-bond donors (Lipinski definition) is 3. The van der Waals surface area contributed by atoms with Crippen molar-refractivity contribution in [3.8, 4) is 0 Å². The Labute approximate surface area is 116 Å². The molecule has 6 heteroatoms. The average molecular weight is 285 g/mol. The van der Waals surface area contributed by atoms with Crippen molar-refractivity contribution in [1.29, 1.82) is 0 Å². The Morgan fingerprint density at radius 2 is 2.21 bits per heavy atom. The van der Waals surface area contributed by atoms with Crippen LogP contribution in [0.15, 0.2) is 24.3 Å². The van der Waals surface area contributed by atoms with Crippen LogP contribution in [0.25, 0.3) is 0 Å². The molecule has 2 amide bonds. The molecule has 1 fully saturated rings. The van der Waals surface area contributed by atoms with Gasteiger partial charge in [-0.05, 0) is 31.2 Å². The summed E-state index contributed by atoms with van der Waals surface area (Å²) in [5.41, 5.74) is -0.346. The number of rotatable bonds is 3. The standard InChI is InChI=1S/C13H17ClN2O3/c1-9-13(18,6-7-19-9)8-15-12(17)16-11-4-2-10(14)3-5-11/h2-5,9,18H,6-8H2,1H3,(H2,15,16,17). The van der Waals surface area contributed by atoms with Crippen molar-refractivity contribution in [2.24, 2.45) is 0 Å². The lowest BCUT2D eigenvalue weighted by Crippen LogP contribution is -2.48. The Balaban J connectivity index is 1.83. The van der Waals surface area contributed by atoms with Crippen LogP contribution in [0.5, 0.6) is 0 Å². The second-order valence-electron chi connectivity index (χ2n) is 4.68. The zero-order chi connectivity index (χ0) is 13.9. The maximum atomic E-state index is 11.7. The van der Waals surface area contributed by atoms with Gasteiger partial charge in [-0.1, -0.05) is 11.6 Å². The van der Waals surface area contributed by atoms with Crippen molar-refractivity contribution in [1.82, 2.24) is 5.32 Å². The van der Waals surface area contributed by atoms with Gasteiger partial charge in [-0.25, -0.2) is 4.79 Å². The molecule has 5 nitrogen and oxygen atoms in total. The van der Waals surface area contributed by atoms with Gasteiger partial charge >= 0.3 is 6.03 Å². The topological polar surface area (TPSA) is 70.6 Å². The van der Waals surface area contributed by atoms with Gasteiger partial charge in [-0.2, -0.15) is 0 Å². The Bertz CT molecular complexity index is 452. The minimum Gasteiger partial charge on any atom is -0.385 e. The van der Waals surface area contributed by atoms with E-state index in [-0.39, 0.29) is 18.7 Å². The lowest BCUT2D eigenvalue weighted by atomic mass is 9.97. The lowest BCUT2D eigenvalue weighted by Gasteiger charge is -2.26. The molecule has 0 saturated carbocycles. The molecule has 104 valence electrons. The molecular weight excluding hydrogens is 268 g/mol. The van der Waals surface area contributed by atoms with E-state index in [0.29, 0.717) is 23.7 Å². The third kappa shape index (κ3) is 3.59. The third-order valence-electron chi connectivity index (χ3n) is 3.32. The summed E-state index contributed by atoms with van der Waals surface area (Å²) in [6.07, 6.45) is 0.249. The minimum atomic E-state index is -0.989. The first-order chi connectivity index (χ1) is 8.99. The van der Waals surface area contributed by atoms with Gasteiger partial charge < -0.3 is 20.5 Å². The monoisotopic (exact) mass is 284 g/mol. The molecule has 2 rings (SSSR count).